The molecule has 1 aliphatic heterocycles. The van der Waals surface area contributed by atoms with Crippen LogP contribution in [0.5, 0.6) is 11.5 Å². The molecule has 3 heterocycles. The van der Waals surface area contributed by atoms with Gasteiger partial charge in [0.15, 0.2) is 11.5 Å². The second kappa shape index (κ2) is 10.4. The smallest absolute Gasteiger partial charge is 0.335 e. The molecule has 11 nitrogen and oxygen atoms in total. The van der Waals surface area contributed by atoms with Gasteiger partial charge in [0.25, 0.3) is 5.91 Å². The summed E-state index contributed by atoms with van der Waals surface area (Å²) in [6, 6.07) is 18.4. The zero-order valence-electron chi connectivity index (χ0n) is 21.6. The van der Waals surface area contributed by atoms with Crippen molar-refractivity contribution in [2.45, 2.75) is 13.5 Å². The van der Waals surface area contributed by atoms with E-state index in [9.17, 15) is 14.9 Å². The number of aromatic nitrogens is 4. The Bertz CT molecular complexity index is 1650. The van der Waals surface area contributed by atoms with Crippen LogP contribution in [-0.4, -0.2) is 56.7 Å². The number of hydrogen-bond donors (Lipinski definition) is 1. The Morgan fingerprint density at radius 3 is 2.51 bits per heavy atom. The highest BCUT2D eigenvalue weighted by Gasteiger charge is 2.33. The molecule has 0 aliphatic carbocycles. The highest BCUT2D eigenvalue weighted by Crippen LogP contribution is 2.30. The lowest BCUT2D eigenvalue weighted by Crippen LogP contribution is -2.39. The standard InChI is InChI=1S/C28H27N7O4/c1-28(16-38-17-28)14-19(15-29)26(36)33(2)12-13-34-25-23(24(30)31-18-32-25)35(27(34)37)20-8-10-22(11-9-20)39-21-6-4-3-5-7-21/h3-11,14,18H,12-13,16-17H2,1-2H3,(H2,30,31,32). The Morgan fingerprint density at radius 2 is 1.87 bits per heavy atom. The molecule has 2 aromatic carbocycles. The van der Waals surface area contributed by atoms with Crippen LogP contribution in [-0.2, 0) is 16.1 Å². The van der Waals surface area contributed by atoms with Crippen molar-refractivity contribution < 1.29 is 14.3 Å². The maximum Gasteiger partial charge on any atom is 0.335 e. The van der Waals surface area contributed by atoms with Gasteiger partial charge in [-0.05, 0) is 36.4 Å². The molecule has 0 saturated carbocycles. The molecule has 1 saturated heterocycles. The number of hydrogen-bond acceptors (Lipinski definition) is 8. The number of imidazole rings is 1. The van der Waals surface area contributed by atoms with E-state index in [-0.39, 0.29) is 35.6 Å². The first-order valence-corrected chi connectivity index (χ1v) is 12.3. The van der Waals surface area contributed by atoms with Crippen LogP contribution < -0.4 is 16.2 Å². The van der Waals surface area contributed by atoms with E-state index in [2.05, 4.69) is 9.97 Å². The van der Waals surface area contributed by atoms with E-state index < -0.39 is 5.91 Å². The number of likely N-dealkylation sites (N-methyl/N-ethyl adjacent to an activating group) is 1. The zero-order chi connectivity index (χ0) is 27.6. The molecule has 5 rings (SSSR count). The molecule has 4 aromatic rings. The van der Waals surface area contributed by atoms with Gasteiger partial charge in [-0.1, -0.05) is 31.2 Å². The third-order valence-corrected chi connectivity index (χ3v) is 6.52. The number of nitrogens with two attached hydrogens (primary N) is 1. The normalized spacial score (nSPS) is 14.4. The van der Waals surface area contributed by atoms with E-state index in [4.69, 9.17) is 15.2 Å². The van der Waals surface area contributed by atoms with Gasteiger partial charge in [-0.15, -0.1) is 0 Å². The van der Waals surface area contributed by atoms with Crippen molar-refractivity contribution in [3.63, 3.8) is 0 Å². The summed E-state index contributed by atoms with van der Waals surface area (Å²) in [4.78, 5) is 36.4. The van der Waals surface area contributed by atoms with Crippen LogP contribution in [0, 0.1) is 16.7 Å². The lowest BCUT2D eigenvalue weighted by atomic mass is 9.86. The Morgan fingerprint density at radius 1 is 1.18 bits per heavy atom. The van der Waals surface area contributed by atoms with Gasteiger partial charge in [-0.3, -0.25) is 13.9 Å². The Labute approximate surface area is 224 Å². The molecule has 1 aliphatic rings. The lowest BCUT2D eigenvalue weighted by molar-refractivity contribution is -0.125. The summed E-state index contributed by atoms with van der Waals surface area (Å²) in [5.74, 6) is 1.02. The first-order valence-electron chi connectivity index (χ1n) is 12.3. The number of ether oxygens (including phenoxy) is 2. The van der Waals surface area contributed by atoms with Gasteiger partial charge in [-0.25, -0.2) is 14.8 Å². The Hall–Kier alpha value is -4.95. The highest BCUT2D eigenvalue weighted by molar-refractivity contribution is 5.97. The number of para-hydroxylation sites is 1. The van der Waals surface area contributed by atoms with Gasteiger partial charge in [0.2, 0.25) is 0 Å². The number of nitriles is 1. The summed E-state index contributed by atoms with van der Waals surface area (Å²) in [6.07, 6.45) is 2.95. The molecule has 0 bridgehead atoms. The third-order valence-electron chi connectivity index (χ3n) is 6.52. The van der Waals surface area contributed by atoms with Crippen molar-refractivity contribution >= 4 is 22.9 Å². The molecule has 2 aromatic heterocycles. The summed E-state index contributed by atoms with van der Waals surface area (Å²) < 4.78 is 14.0. The van der Waals surface area contributed by atoms with E-state index in [1.165, 1.54) is 20.4 Å². The van der Waals surface area contributed by atoms with Gasteiger partial charge < -0.3 is 20.1 Å². The van der Waals surface area contributed by atoms with Crippen molar-refractivity contribution in [2.75, 3.05) is 32.5 Å². The van der Waals surface area contributed by atoms with Crippen LogP contribution in [0.15, 0.2) is 77.4 Å². The van der Waals surface area contributed by atoms with Crippen LogP contribution >= 0.6 is 0 Å². The topological polar surface area (TPSA) is 141 Å². The van der Waals surface area contributed by atoms with E-state index in [0.29, 0.717) is 41.6 Å². The highest BCUT2D eigenvalue weighted by atomic mass is 16.5. The number of nitrogen functional groups attached to an aromatic ring is 1. The molecule has 1 fully saturated rings. The maximum absolute atomic E-state index is 13.6. The van der Waals surface area contributed by atoms with Crippen LogP contribution in [0.2, 0.25) is 0 Å². The lowest BCUT2D eigenvalue weighted by Gasteiger charge is -2.35. The monoisotopic (exact) mass is 525 g/mol. The van der Waals surface area contributed by atoms with Gasteiger partial charge in [0.05, 0.1) is 18.9 Å². The number of carbonyl (C=O) groups is 1. The first kappa shape index (κ1) is 25.7. The van der Waals surface area contributed by atoms with Crippen LogP contribution in [0.4, 0.5) is 5.82 Å². The minimum atomic E-state index is -0.425. The fraction of sp³-hybridized carbons (Fsp3) is 0.250. The SMILES string of the molecule is CN(CCn1c(=O)n(-c2ccc(Oc3ccccc3)cc2)c2c(N)ncnc21)C(=O)C(C#N)=CC1(C)COC1. The molecule has 1 amide bonds. The van der Waals surface area contributed by atoms with Gasteiger partial charge in [0.1, 0.15) is 35.0 Å². The number of benzene rings is 2. The van der Waals surface area contributed by atoms with E-state index in [1.54, 1.807) is 37.4 Å². The number of carbonyl (C=O) groups excluding carboxylic acids is 1. The fourth-order valence-corrected chi connectivity index (χ4v) is 4.39. The zero-order valence-corrected chi connectivity index (χ0v) is 21.6. The molecular formula is C28H27N7O4. The molecular weight excluding hydrogens is 498 g/mol. The molecule has 198 valence electrons. The summed E-state index contributed by atoms with van der Waals surface area (Å²) in [7, 11) is 1.59. The Kier molecular flexibility index (Phi) is 6.87. The predicted molar refractivity (Wildman–Crippen MR) is 144 cm³/mol. The van der Waals surface area contributed by atoms with Crippen molar-refractivity contribution in [3.05, 3.63) is 83.1 Å². The molecule has 11 heteroatoms. The molecule has 0 unspecified atom stereocenters. The van der Waals surface area contributed by atoms with Crippen LogP contribution in [0.3, 0.4) is 0 Å². The van der Waals surface area contributed by atoms with Gasteiger partial charge in [-0.2, -0.15) is 5.26 Å². The number of anilines is 1. The summed E-state index contributed by atoms with van der Waals surface area (Å²) >= 11 is 0. The average Bonchev–Trinajstić information content (AvgIpc) is 3.22. The van der Waals surface area contributed by atoms with Crippen LogP contribution in [0.25, 0.3) is 16.9 Å². The summed E-state index contributed by atoms with van der Waals surface area (Å²) in [5.41, 5.74) is 6.77. The molecule has 0 radical (unpaired) electrons. The van der Waals surface area contributed by atoms with Crippen molar-refractivity contribution in [2.24, 2.45) is 5.41 Å². The van der Waals surface area contributed by atoms with Gasteiger partial charge >= 0.3 is 5.69 Å². The predicted octanol–water partition coefficient (Wildman–Crippen LogP) is 2.90. The summed E-state index contributed by atoms with van der Waals surface area (Å²) in [5, 5.41) is 9.56. The van der Waals surface area contributed by atoms with Crippen molar-refractivity contribution in [1.29, 1.82) is 5.26 Å². The quantitative estimate of drug-likeness (QED) is 0.273. The fourth-order valence-electron chi connectivity index (χ4n) is 4.39. The molecule has 2 N–H and O–H groups in total. The second-order valence-corrected chi connectivity index (χ2v) is 9.65. The van der Waals surface area contributed by atoms with Crippen molar-refractivity contribution in [1.82, 2.24) is 24.0 Å². The average molecular weight is 526 g/mol. The van der Waals surface area contributed by atoms with E-state index in [0.717, 1.165) is 0 Å². The number of fused-ring (bicyclic) bond motifs is 1. The maximum atomic E-state index is 13.6. The molecule has 39 heavy (non-hydrogen) atoms. The summed E-state index contributed by atoms with van der Waals surface area (Å²) in [6.45, 7) is 3.16. The van der Waals surface area contributed by atoms with Gasteiger partial charge in [0, 0.05) is 25.6 Å². The second-order valence-electron chi connectivity index (χ2n) is 9.65. The van der Waals surface area contributed by atoms with E-state index >= 15 is 0 Å². The molecule has 0 atom stereocenters. The van der Waals surface area contributed by atoms with E-state index in [1.807, 2.05) is 43.3 Å². The number of nitrogens with zero attached hydrogens (tertiary/aromatic N) is 6. The minimum Gasteiger partial charge on any atom is -0.457 e. The number of amides is 1. The molecule has 0 spiro atoms. The first-order chi connectivity index (χ1) is 18.8. The van der Waals surface area contributed by atoms with Crippen molar-refractivity contribution in [3.8, 4) is 23.3 Å². The third kappa shape index (κ3) is 5.10. The number of rotatable bonds is 8. The van der Waals surface area contributed by atoms with Crippen LogP contribution in [0.1, 0.15) is 6.92 Å². The minimum absolute atomic E-state index is 0.0439. The largest absolute Gasteiger partial charge is 0.457 e. The Balaban J connectivity index is 1.41.